The van der Waals surface area contributed by atoms with E-state index in [1.165, 1.54) is 0 Å². The van der Waals surface area contributed by atoms with Gasteiger partial charge in [-0.3, -0.25) is 4.79 Å². The van der Waals surface area contributed by atoms with Crippen LogP contribution in [0.1, 0.15) is 0 Å². The second-order valence-electron chi connectivity index (χ2n) is 4.06. The summed E-state index contributed by atoms with van der Waals surface area (Å²) in [5.74, 6) is 0. The van der Waals surface area contributed by atoms with Crippen LogP contribution in [0.25, 0.3) is 22.0 Å². The van der Waals surface area contributed by atoms with Crippen LogP contribution in [0.5, 0.6) is 0 Å². The monoisotopic (exact) mass is 255 g/mol. The van der Waals surface area contributed by atoms with E-state index in [-0.39, 0.29) is 5.56 Å². The third-order valence-corrected chi connectivity index (χ3v) is 3.30. The molecule has 0 bridgehead atoms. The zero-order chi connectivity index (χ0) is 12.5. The smallest absolute Gasteiger partial charge is 0.266 e. The molecule has 88 valence electrons. The molecule has 3 rings (SSSR count). The molecule has 0 spiro atoms. The van der Waals surface area contributed by atoms with Gasteiger partial charge in [0.25, 0.3) is 5.56 Å². The fourth-order valence-electron chi connectivity index (χ4n) is 2.11. The Morgan fingerprint density at radius 3 is 2.33 bits per heavy atom. The molecule has 2 nitrogen and oxygen atoms in total. The number of aromatic nitrogens is 1. The first kappa shape index (κ1) is 11.1. The molecule has 3 heteroatoms. The quantitative estimate of drug-likeness (QED) is 0.650. The van der Waals surface area contributed by atoms with Crippen molar-refractivity contribution < 1.29 is 0 Å². The summed E-state index contributed by atoms with van der Waals surface area (Å²) in [7, 11) is 0. The highest BCUT2D eigenvalue weighted by Gasteiger charge is 2.08. The minimum Gasteiger partial charge on any atom is -0.268 e. The van der Waals surface area contributed by atoms with E-state index in [1.54, 1.807) is 6.07 Å². The molecule has 0 radical (unpaired) electrons. The number of halogens is 1. The number of hydrogen-bond acceptors (Lipinski definition) is 1. The molecule has 0 aliphatic heterocycles. The Morgan fingerprint density at radius 1 is 0.889 bits per heavy atom. The summed E-state index contributed by atoms with van der Waals surface area (Å²) < 4.78 is 1.15. The third-order valence-electron chi connectivity index (χ3n) is 2.95. The Balaban J connectivity index is 2.44. The summed E-state index contributed by atoms with van der Waals surface area (Å²) in [6, 6.07) is 19.0. The average Bonchev–Trinajstić information content (AvgIpc) is 2.44. The van der Waals surface area contributed by atoms with E-state index in [4.69, 9.17) is 11.8 Å². The van der Waals surface area contributed by atoms with E-state index >= 15 is 0 Å². The summed E-state index contributed by atoms with van der Waals surface area (Å²) in [5, 5.41) is 0.971. The van der Waals surface area contributed by atoms with E-state index in [0.717, 1.165) is 26.1 Å². The fourth-order valence-corrected chi connectivity index (χ4v) is 2.30. The van der Waals surface area contributed by atoms with E-state index in [2.05, 4.69) is 0 Å². The van der Waals surface area contributed by atoms with Crippen molar-refractivity contribution in [1.29, 1.82) is 0 Å². The van der Waals surface area contributed by atoms with E-state index < -0.39 is 0 Å². The van der Waals surface area contributed by atoms with Crippen LogP contribution in [-0.2, 0) is 0 Å². The van der Waals surface area contributed by atoms with Gasteiger partial charge in [0.15, 0.2) is 0 Å². The number of fused-ring (bicyclic) bond motifs is 1. The molecule has 18 heavy (non-hydrogen) atoms. The number of nitrogens with zero attached hydrogens (tertiary/aromatic N) is 1. The molecule has 0 unspecified atom stereocenters. The van der Waals surface area contributed by atoms with Gasteiger partial charge in [-0.25, -0.2) is 4.09 Å². The lowest BCUT2D eigenvalue weighted by Gasteiger charge is -2.08. The van der Waals surface area contributed by atoms with Crippen LogP contribution < -0.4 is 5.56 Å². The Hall–Kier alpha value is -2.06. The molecular weight excluding hydrogens is 246 g/mol. The molecule has 3 aromatic rings. The first-order valence-electron chi connectivity index (χ1n) is 5.64. The van der Waals surface area contributed by atoms with Crippen LogP contribution in [0, 0.1) is 0 Å². The molecule has 0 aliphatic rings. The van der Waals surface area contributed by atoms with Gasteiger partial charge in [-0.05, 0) is 17.2 Å². The standard InChI is InChI=1S/C15H10ClNO/c16-17-14-9-5-4-8-12(14)13(10-15(17)18)11-6-2-1-3-7-11/h1-10H. The molecule has 1 aromatic heterocycles. The Kier molecular flexibility index (Phi) is 2.65. The lowest BCUT2D eigenvalue weighted by Crippen LogP contribution is -2.12. The maximum absolute atomic E-state index is 11.9. The number of para-hydroxylation sites is 1. The van der Waals surface area contributed by atoms with Gasteiger partial charge in [0, 0.05) is 23.2 Å². The van der Waals surface area contributed by atoms with Crippen LogP contribution in [0.15, 0.2) is 65.5 Å². The normalized spacial score (nSPS) is 10.7. The molecule has 0 atom stereocenters. The number of benzene rings is 2. The number of rotatable bonds is 1. The Labute approximate surface area is 109 Å². The highest BCUT2D eigenvalue weighted by molar-refractivity contribution is 6.19. The summed E-state index contributed by atoms with van der Waals surface area (Å²) in [6.07, 6.45) is 0. The summed E-state index contributed by atoms with van der Waals surface area (Å²) >= 11 is 5.99. The first-order chi connectivity index (χ1) is 8.77. The Morgan fingerprint density at radius 2 is 1.56 bits per heavy atom. The topological polar surface area (TPSA) is 22.0 Å². The van der Waals surface area contributed by atoms with Crippen molar-refractivity contribution in [3.8, 4) is 11.1 Å². The highest BCUT2D eigenvalue weighted by atomic mass is 35.5. The van der Waals surface area contributed by atoms with Crippen molar-refractivity contribution in [2.45, 2.75) is 0 Å². The number of hydrogen-bond donors (Lipinski definition) is 0. The van der Waals surface area contributed by atoms with Crippen LogP contribution in [0.4, 0.5) is 0 Å². The maximum Gasteiger partial charge on any atom is 0.266 e. The lowest BCUT2D eigenvalue weighted by atomic mass is 10.0. The summed E-state index contributed by atoms with van der Waals surface area (Å²) in [4.78, 5) is 11.9. The molecule has 2 aromatic carbocycles. The van der Waals surface area contributed by atoms with Crippen molar-refractivity contribution in [3.63, 3.8) is 0 Å². The van der Waals surface area contributed by atoms with E-state index in [1.807, 2.05) is 54.6 Å². The van der Waals surface area contributed by atoms with E-state index in [0.29, 0.717) is 0 Å². The third kappa shape index (κ3) is 1.71. The highest BCUT2D eigenvalue weighted by Crippen LogP contribution is 2.27. The summed E-state index contributed by atoms with van der Waals surface area (Å²) in [5.41, 5.74) is 2.44. The molecule has 0 saturated carbocycles. The van der Waals surface area contributed by atoms with Crippen molar-refractivity contribution in [2.75, 3.05) is 0 Å². The lowest BCUT2D eigenvalue weighted by molar-refractivity contribution is 1.19. The van der Waals surface area contributed by atoms with Gasteiger partial charge in [0.2, 0.25) is 0 Å². The molecule has 0 aliphatic carbocycles. The van der Waals surface area contributed by atoms with Crippen LogP contribution in [-0.4, -0.2) is 4.09 Å². The van der Waals surface area contributed by atoms with E-state index in [9.17, 15) is 4.79 Å². The molecule has 1 heterocycles. The molecule has 0 amide bonds. The van der Waals surface area contributed by atoms with Crippen LogP contribution >= 0.6 is 11.8 Å². The SMILES string of the molecule is O=c1cc(-c2ccccc2)c2ccccc2n1Cl. The second kappa shape index (κ2) is 4.31. The first-order valence-corrected chi connectivity index (χ1v) is 5.97. The molecular formula is C15H10ClNO. The fraction of sp³-hybridized carbons (Fsp3) is 0. The minimum absolute atomic E-state index is 0.214. The maximum atomic E-state index is 11.9. The Bertz CT molecular complexity index is 762. The molecule has 0 saturated heterocycles. The largest absolute Gasteiger partial charge is 0.268 e. The zero-order valence-corrected chi connectivity index (χ0v) is 10.3. The van der Waals surface area contributed by atoms with Crippen molar-refractivity contribution in [1.82, 2.24) is 4.09 Å². The van der Waals surface area contributed by atoms with Gasteiger partial charge in [-0.2, -0.15) is 0 Å². The average molecular weight is 256 g/mol. The van der Waals surface area contributed by atoms with Gasteiger partial charge >= 0.3 is 0 Å². The second-order valence-corrected chi connectivity index (χ2v) is 4.40. The zero-order valence-electron chi connectivity index (χ0n) is 9.51. The van der Waals surface area contributed by atoms with Gasteiger partial charge in [0.05, 0.1) is 5.52 Å². The summed E-state index contributed by atoms with van der Waals surface area (Å²) in [6.45, 7) is 0. The van der Waals surface area contributed by atoms with Crippen molar-refractivity contribution in [3.05, 3.63) is 71.0 Å². The molecule has 0 fully saturated rings. The number of pyridine rings is 1. The van der Waals surface area contributed by atoms with Gasteiger partial charge in [-0.1, -0.05) is 48.5 Å². The van der Waals surface area contributed by atoms with Crippen molar-refractivity contribution >= 4 is 22.7 Å². The van der Waals surface area contributed by atoms with Crippen molar-refractivity contribution in [2.24, 2.45) is 0 Å². The van der Waals surface area contributed by atoms with Gasteiger partial charge < -0.3 is 0 Å². The van der Waals surface area contributed by atoms with Gasteiger partial charge in [0.1, 0.15) is 0 Å². The minimum atomic E-state index is -0.214. The predicted molar refractivity (Wildman–Crippen MR) is 74.9 cm³/mol. The molecule has 0 N–H and O–H groups in total. The van der Waals surface area contributed by atoms with Gasteiger partial charge in [-0.15, -0.1) is 0 Å². The van der Waals surface area contributed by atoms with Crippen LogP contribution in [0.3, 0.4) is 0 Å². The van der Waals surface area contributed by atoms with Crippen LogP contribution in [0.2, 0.25) is 0 Å². The predicted octanol–water partition coefficient (Wildman–Crippen LogP) is 3.67.